The summed E-state index contributed by atoms with van der Waals surface area (Å²) in [6.07, 6.45) is 46.1. The molecule has 0 saturated carbocycles. The average Bonchev–Trinajstić information content (AvgIpc) is 3.00. The van der Waals surface area contributed by atoms with Crippen LogP contribution in [0.3, 0.4) is 0 Å². The Labute approximate surface area is 274 Å². The Morgan fingerprint density at radius 3 is 1.36 bits per heavy atom. The zero-order valence-corrected chi connectivity index (χ0v) is 29.5. The normalized spacial score (nSPS) is 12.4. The first kappa shape index (κ1) is 42.4. The quantitative estimate of drug-likeness (QED) is 0.0436. The van der Waals surface area contributed by atoms with Gasteiger partial charge in [0, 0.05) is 12.8 Å². The van der Waals surface area contributed by atoms with Crippen molar-refractivity contribution in [3.05, 3.63) is 24.3 Å². The van der Waals surface area contributed by atoms with Crippen molar-refractivity contribution in [3.8, 4) is 0 Å². The minimum Gasteiger partial charge on any atom is -0.481 e. The number of esters is 1. The van der Waals surface area contributed by atoms with Crippen molar-refractivity contribution in [1.82, 2.24) is 0 Å². The van der Waals surface area contributed by atoms with Crippen molar-refractivity contribution in [1.29, 1.82) is 0 Å². The highest BCUT2D eigenvalue weighted by Crippen LogP contribution is 2.16. The Morgan fingerprint density at radius 2 is 0.909 bits per heavy atom. The molecule has 44 heavy (non-hydrogen) atoms. The summed E-state index contributed by atoms with van der Waals surface area (Å²) < 4.78 is 5.64. The lowest BCUT2D eigenvalue weighted by Gasteiger charge is -2.13. The zero-order valence-electron chi connectivity index (χ0n) is 29.5. The molecule has 0 aromatic heterocycles. The minimum absolute atomic E-state index is 0.00481. The Morgan fingerprint density at radius 1 is 0.523 bits per heavy atom. The number of allylic oxidation sites excluding steroid dienone is 4. The van der Waals surface area contributed by atoms with Crippen molar-refractivity contribution in [2.45, 2.75) is 219 Å². The molecule has 0 spiro atoms. The van der Waals surface area contributed by atoms with Crippen LogP contribution in [0.2, 0.25) is 0 Å². The molecular weight excluding hydrogens is 544 g/mol. The van der Waals surface area contributed by atoms with Crippen LogP contribution in [0.4, 0.5) is 0 Å². The minimum atomic E-state index is -0.669. The summed E-state index contributed by atoms with van der Waals surface area (Å²) in [4.78, 5) is 22.6. The smallest absolute Gasteiger partial charge is 0.306 e. The van der Waals surface area contributed by atoms with Gasteiger partial charge in [-0.2, -0.15) is 0 Å². The third kappa shape index (κ3) is 36.6. The van der Waals surface area contributed by atoms with Gasteiger partial charge in [0.2, 0.25) is 0 Å². The van der Waals surface area contributed by atoms with Gasteiger partial charge in [0.05, 0.1) is 6.10 Å². The van der Waals surface area contributed by atoms with Crippen LogP contribution in [0, 0.1) is 0 Å². The SMILES string of the molecule is CCCCC/C=C\C/C=C\CCCCCCCCCCCC(=O)OC(C)CCCCCCCCCCCCCCCC(=O)O. The number of carbonyl (C=O) groups excluding carboxylic acids is 1. The maximum atomic E-state index is 12.2. The summed E-state index contributed by atoms with van der Waals surface area (Å²) in [6, 6.07) is 0. The third-order valence-electron chi connectivity index (χ3n) is 8.67. The average molecular weight is 619 g/mol. The van der Waals surface area contributed by atoms with Gasteiger partial charge in [-0.05, 0) is 64.7 Å². The van der Waals surface area contributed by atoms with E-state index in [2.05, 4.69) is 31.2 Å². The molecule has 4 nitrogen and oxygen atoms in total. The lowest BCUT2D eigenvalue weighted by molar-refractivity contribution is -0.148. The maximum Gasteiger partial charge on any atom is 0.306 e. The highest BCUT2D eigenvalue weighted by molar-refractivity contribution is 5.69. The van der Waals surface area contributed by atoms with E-state index in [0.717, 1.165) is 44.9 Å². The first-order valence-corrected chi connectivity index (χ1v) is 19.3. The van der Waals surface area contributed by atoms with Gasteiger partial charge in [-0.15, -0.1) is 0 Å². The van der Waals surface area contributed by atoms with E-state index in [1.807, 2.05) is 6.92 Å². The summed E-state index contributed by atoms with van der Waals surface area (Å²) >= 11 is 0. The lowest BCUT2D eigenvalue weighted by Crippen LogP contribution is -2.14. The monoisotopic (exact) mass is 619 g/mol. The summed E-state index contributed by atoms with van der Waals surface area (Å²) in [6.45, 7) is 4.31. The number of hydrogen-bond acceptors (Lipinski definition) is 3. The topological polar surface area (TPSA) is 63.6 Å². The van der Waals surface area contributed by atoms with Gasteiger partial charge >= 0.3 is 11.9 Å². The van der Waals surface area contributed by atoms with Gasteiger partial charge in [0.1, 0.15) is 0 Å². The number of hydrogen-bond donors (Lipinski definition) is 1. The summed E-state index contributed by atoms with van der Waals surface area (Å²) in [7, 11) is 0. The second kappa shape index (κ2) is 35.9. The van der Waals surface area contributed by atoms with Crippen molar-refractivity contribution in [3.63, 3.8) is 0 Å². The molecule has 0 aliphatic carbocycles. The third-order valence-corrected chi connectivity index (χ3v) is 8.67. The van der Waals surface area contributed by atoms with Gasteiger partial charge in [-0.1, -0.05) is 160 Å². The molecule has 0 fully saturated rings. The second-order valence-electron chi connectivity index (χ2n) is 13.2. The molecule has 4 heteroatoms. The van der Waals surface area contributed by atoms with E-state index in [1.165, 1.54) is 141 Å². The van der Waals surface area contributed by atoms with Crippen molar-refractivity contribution < 1.29 is 19.4 Å². The zero-order chi connectivity index (χ0) is 32.2. The van der Waals surface area contributed by atoms with E-state index in [9.17, 15) is 9.59 Å². The fourth-order valence-corrected chi connectivity index (χ4v) is 5.78. The first-order valence-electron chi connectivity index (χ1n) is 19.3. The summed E-state index contributed by atoms with van der Waals surface area (Å²) in [5, 5.41) is 8.64. The predicted octanol–water partition coefficient (Wildman–Crippen LogP) is 13.2. The first-order chi connectivity index (χ1) is 21.6. The number of carbonyl (C=O) groups is 2. The molecule has 0 aromatic carbocycles. The van der Waals surface area contributed by atoms with Crippen LogP contribution in [0.1, 0.15) is 213 Å². The van der Waals surface area contributed by atoms with Crippen molar-refractivity contribution >= 4 is 11.9 Å². The second-order valence-corrected chi connectivity index (χ2v) is 13.2. The van der Waals surface area contributed by atoms with Crippen molar-refractivity contribution in [2.24, 2.45) is 0 Å². The molecule has 0 radical (unpaired) electrons. The van der Waals surface area contributed by atoms with Gasteiger partial charge in [0.25, 0.3) is 0 Å². The molecular formula is C40H74O4. The number of unbranched alkanes of at least 4 members (excludes halogenated alkanes) is 24. The molecule has 0 aliphatic rings. The fraction of sp³-hybridized carbons (Fsp3) is 0.850. The molecule has 0 saturated heterocycles. The van der Waals surface area contributed by atoms with Gasteiger partial charge in [0.15, 0.2) is 0 Å². The molecule has 0 aliphatic heterocycles. The van der Waals surface area contributed by atoms with Crippen molar-refractivity contribution in [2.75, 3.05) is 0 Å². The molecule has 0 bridgehead atoms. The van der Waals surface area contributed by atoms with Crippen LogP contribution in [0.5, 0.6) is 0 Å². The van der Waals surface area contributed by atoms with E-state index in [0.29, 0.717) is 12.8 Å². The summed E-state index contributed by atoms with van der Waals surface area (Å²) in [5.41, 5.74) is 0. The van der Waals surface area contributed by atoms with E-state index in [4.69, 9.17) is 9.84 Å². The van der Waals surface area contributed by atoms with Crippen LogP contribution in [-0.4, -0.2) is 23.1 Å². The molecule has 258 valence electrons. The number of carboxylic acid groups (broad SMARTS) is 1. The largest absolute Gasteiger partial charge is 0.481 e. The number of rotatable bonds is 35. The Balaban J connectivity index is 3.33. The standard InChI is InChI=1S/C40H74O4/c1-3-4-5-6-7-8-9-10-11-12-13-14-15-19-22-25-28-31-34-37-40(43)44-38(2)35-32-29-26-23-20-17-16-18-21-24-27-30-33-36-39(41)42/h7-8,10-11,38H,3-6,9,12-37H2,1-2H3,(H,41,42)/b8-7-,11-10-. The molecule has 1 N–H and O–H groups in total. The van der Waals surface area contributed by atoms with E-state index in [-0.39, 0.29) is 12.1 Å². The molecule has 0 heterocycles. The molecule has 0 aromatic rings. The van der Waals surface area contributed by atoms with E-state index >= 15 is 0 Å². The van der Waals surface area contributed by atoms with E-state index in [1.54, 1.807) is 0 Å². The highest BCUT2D eigenvalue weighted by Gasteiger charge is 2.09. The molecule has 0 rings (SSSR count). The summed E-state index contributed by atoms with van der Waals surface area (Å²) in [5.74, 6) is -0.674. The van der Waals surface area contributed by atoms with Gasteiger partial charge in [-0.25, -0.2) is 0 Å². The number of aliphatic carboxylic acids is 1. The van der Waals surface area contributed by atoms with Crippen LogP contribution >= 0.6 is 0 Å². The Kier molecular flexibility index (Phi) is 34.6. The highest BCUT2D eigenvalue weighted by atomic mass is 16.5. The van der Waals surface area contributed by atoms with Crippen LogP contribution in [-0.2, 0) is 14.3 Å². The van der Waals surface area contributed by atoms with Crippen LogP contribution in [0.25, 0.3) is 0 Å². The van der Waals surface area contributed by atoms with Gasteiger partial charge in [-0.3, -0.25) is 9.59 Å². The van der Waals surface area contributed by atoms with Gasteiger partial charge < -0.3 is 9.84 Å². The molecule has 1 atom stereocenters. The Bertz CT molecular complexity index is 668. The molecule has 0 amide bonds. The maximum absolute atomic E-state index is 12.2. The van der Waals surface area contributed by atoms with Crippen LogP contribution < -0.4 is 0 Å². The predicted molar refractivity (Wildman–Crippen MR) is 190 cm³/mol. The fourth-order valence-electron chi connectivity index (χ4n) is 5.78. The van der Waals surface area contributed by atoms with Crippen LogP contribution in [0.15, 0.2) is 24.3 Å². The van der Waals surface area contributed by atoms with E-state index < -0.39 is 5.97 Å². The molecule has 1 unspecified atom stereocenters. The Hall–Kier alpha value is -1.58. The number of carboxylic acids is 1. The lowest BCUT2D eigenvalue weighted by atomic mass is 10.0. The number of ether oxygens (including phenoxy) is 1.